The number of benzene rings is 2. The Morgan fingerprint density at radius 3 is 2.43 bits per heavy atom. The van der Waals surface area contributed by atoms with E-state index in [4.69, 9.17) is 5.11 Å². The van der Waals surface area contributed by atoms with Crippen LogP contribution in [0.2, 0.25) is 0 Å². The van der Waals surface area contributed by atoms with Gasteiger partial charge in [0.05, 0.1) is 6.61 Å². The van der Waals surface area contributed by atoms with Crippen molar-refractivity contribution >= 4 is 0 Å². The lowest BCUT2D eigenvalue weighted by Crippen LogP contribution is -2.53. The summed E-state index contributed by atoms with van der Waals surface area (Å²) in [6, 6.07) is 19.5. The van der Waals surface area contributed by atoms with E-state index in [0.717, 1.165) is 57.5 Å². The van der Waals surface area contributed by atoms with Gasteiger partial charge in [-0.25, -0.2) is 0 Å². The Kier molecular flexibility index (Phi) is 9.40. The third-order valence-corrected chi connectivity index (χ3v) is 5.73. The first-order valence-corrected chi connectivity index (χ1v) is 11.1. The van der Waals surface area contributed by atoms with Crippen molar-refractivity contribution in [2.45, 2.75) is 38.3 Å². The van der Waals surface area contributed by atoms with Crippen molar-refractivity contribution in [3.63, 3.8) is 0 Å². The maximum absolute atomic E-state index is 9.56. The summed E-state index contributed by atoms with van der Waals surface area (Å²) < 4.78 is 0. The summed E-state index contributed by atoms with van der Waals surface area (Å²) in [5, 5.41) is 18.4. The highest BCUT2D eigenvalue weighted by Crippen LogP contribution is 2.17. The van der Waals surface area contributed by atoms with Crippen LogP contribution >= 0.6 is 0 Å². The normalized spacial score (nSPS) is 17.5. The van der Waals surface area contributed by atoms with Crippen molar-refractivity contribution in [1.29, 1.82) is 0 Å². The van der Waals surface area contributed by atoms with Crippen LogP contribution in [-0.2, 0) is 13.0 Å². The average molecular weight is 407 g/mol. The first-order valence-electron chi connectivity index (χ1n) is 11.1. The summed E-state index contributed by atoms with van der Waals surface area (Å²) in [7, 11) is 0. The number of nitrogens with zero attached hydrogens (tertiary/aromatic N) is 2. The summed E-state index contributed by atoms with van der Waals surface area (Å²) in [5.74, 6) is 6.04. The SMILES string of the molecule is OCCC#Cc1ccc(CN2CCN(CCCc3ccccc3)[C@H](CCO)C2)cc1. The van der Waals surface area contributed by atoms with Gasteiger partial charge >= 0.3 is 0 Å². The van der Waals surface area contributed by atoms with E-state index in [1.807, 2.05) is 0 Å². The van der Waals surface area contributed by atoms with E-state index >= 15 is 0 Å². The van der Waals surface area contributed by atoms with Crippen LogP contribution in [0.1, 0.15) is 36.0 Å². The molecule has 0 saturated carbocycles. The minimum atomic E-state index is 0.109. The van der Waals surface area contributed by atoms with E-state index in [9.17, 15) is 5.11 Å². The summed E-state index contributed by atoms with van der Waals surface area (Å²) in [5.41, 5.74) is 3.69. The molecule has 0 amide bonds. The second-order valence-electron chi connectivity index (χ2n) is 8.00. The second kappa shape index (κ2) is 12.5. The molecule has 0 aromatic heterocycles. The van der Waals surface area contributed by atoms with Crippen molar-refractivity contribution in [2.24, 2.45) is 0 Å². The Balaban J connectivity index is 1.48. The van der Waals surface area contributed by atoms with Crippen LogP contribution in [0.15, 0.2) is 54.6 Å². The first kappa shape index (κ1) is 22.5. The maximum atomic E-state index is 9.56. The molecule has 1 atom stereocenters. The Hall–Kier alpha value is -2.16. The van der Waals surface area contributed by atoms with Gasteiger partial charge in [0.15, 0.2) is 0 Å². The Bertz CT molecular complexity index is 795. The number of aryl methyl sites for hydroxylation is 1. The van der Waals surface area contributed by atoms with Gasteiger partial charge in [-0.2, -0.15) is 0 Å². The minimum Gasteiger partial charge on any atom is -0.396 e. The average Bonchev–Trinajstić information content (AvgIpc) is 2.77. The van der Waals surface area contributed by atoms with Gasteiger partial charge in [0.25, 0.3) is 0 Å². The molecule has 1 aliphatic rings. The third-order valence-electron chi connectivity index (χ3n) is 5.73. The molecule has 0 unspecified atom stereocenters. The maximum Gasteiger partial charge on any atom is 0.0540 e. The molecule has 1 saturated heterocycles. The van der Waals surface area contributed by atoms with Gasteiger partial charge < -0.3 is 10.2 Å². The van der Waals surface area contributed by atoms with Gasteiger partial charge in [0.1, 0.15) is 0 Å². The van der Waals surface area contributed by atoms with Gasteiger partial charge in [-0.15, -0.1) is 0 Å². The molecule has 0 spiro atoms. The predicted octanol–water partition coefficient (Wildman–Crippen LogP) is 2.92. The molecular weight excluding hydrogens is 372 g/mol. The zero-order valence-electron chi connectivity index (χ0n) is 17.8. The second-order valence-corrected chi connectivity index (χ2v) is 8.00. The van der Waals surface area contributed by atoms with Crippen molar-refractivity contribution in [3.8, 4) is 11.8 Å². The summed E-state index contributed by atoms with van der Waals surface area (Å²) in [6.45, 7) is 5.51. The van der Waals surface area contributed by atoms with E-state index in [1.54, 1.807) is 0 Å². The Labute approximate surface area is 181 Å². The molecule has 4 nitrogen and oxygen atoms in total. The van der Waals surface area contributed by atoms with Crippen molar-refractivity contribution in [2.75, 3.05) is 39.4 Å². The van der Waals surface area contributed by atoms with Crippen molar-refractivity contribution in [3.05, 3.63) is 71.3 Å². The van der Waals surface area contributed by atoms with Gasteiger partial charge in [-0.05, 0) is 49.1 Å². The number of piperazine rings is 1. The monoisotopic (exact) mass is 406 g/mol. The van der Waals surface area contributed by atoms with Gasteiger partial charge in [-0.3, -0.25) is 9.80 Å². The Morgan fingerprint density at radius 2 is 1.70 bits per heavy atom. The van der Waals surface area contributed by atoms with E-state index in [2.05, 4.69) is 76.2 Å². The highest BCUT2D eigenvalue weighted by molar-refractivity contribution is 5.36. The lowest BCUT2D eigenvalue weighted by molar-refractivity contribution is 0.0547. The number of aliphatic hydroxyl groups is 2. The van der Waals surface area contributed by atoms with Gasteiger partial charge in [-0.1, -0.05) is 54.3 Å². The number of rotatable bonds is 9. The van der Waals surface area contributed by atoms with Crippen LogP contribution in [-0.4, -0.2) is 65.4 Å². The molecule has 1 heterocycles. The zero-order valence-corrected chi connectivity index (χ0v) is 17.8. The van der Waals surface area contributed by atoms with Crippen LogP contribution in [0.4, 0.5) is 0 Å². The lowest BCUT2D eigenvalue weighted by Gasteiger charge is -2.41. The van der Waals surface area contributed by atoms with Crippen LogP contribution in [0.25, 0.3) is 0 Å². The van der Waals surface area contributed by atoms with Gasteiger partial charge in [0.2, 0.25) is 0 Å². The molecule has 0 aliphatic carbocycles. The predicted molar refractivity (Wildman–Crippen MR) is 122 cm³/mol. The molecule has 2 N–H and O–H groups in total. The van der Waals surface area contributed by atoms with Crippen molar-refractivity contribution in [1.82, 2.24) is 9.80 Å². The van der Waals surface area contributed by atoms with Gasteiger partial charge in [0, 0.05) is 50.8 Å². The zero-order chi connectivity index (χ0) is 21.0. The molecule has 30 heavy (non-hydrogen) atoms. The Morgan fingerprint density at radius 1 is 0.900 bits per heavy atom. The molecule has 4 heteroatoms. The highest BCUT2D eigenvalue weighted by atomic mass is 16.3. The van der Waals surface area contributed by atoms with Crippen LogP contribution in [0, 0.1) is 11.8 Å². The fourth-order valence-corrected chi connectivity index (χ4v) is 4.12. The molecule has 2 aromatic carbocycles. The van der Waals surface area contributed by atoms with Crippen molar-refractivity contribution < 1.29 is 10.2 Å². The first-order chi connectivity index (χ1) is 14.8. The molecule has 160 valence electrons. The lowest BCUT2D eigenvalue weighted by atomic mass is 10.0. The standard InChI is InChI=1S/C26H34N2O2/c29-19-5-4-9-24-11-13-25(14-12-24)21-27-17-18-28(26(22-27)15-20-30)16-6-10-23-7-2-1-3-8-23/h1-3,7-8,11-14,26,29-30H,5-6,10,15-22H2/t26-/m1/s1. The smallest absolute Gasteiger partial charge is 0.0540 e. The quantitative estimate of drug-likeness (QED) is 0.629. The minimum absolute atomic E-state index is 0.109. The highest BCUT2D eigenvalue weighted by Gasteiger charge is 2.26. The largest absolute Gasteiger partial charge is 0.396 e. The fourth-order valence-electron chi connectivity index (χ4n) is 4.12. The number of hydrogen-bond donors (Lipinski definition) is 2. The molecule has 0 radical (unpaired) electrons. The van der Waals surface area contributed by atoms with Crippen LogP contribution in [0.3, 0.4) is 0 Å². The molecule has 3 rings (SSSR count). The summed E-state index contributed by atoms with van der Waals surface area (Å²) in [6.07, 6.45) is 3.62. The molecule has 1 aliphatic heterocycles. The van der Waals surface area contributed by atoms with Crippen LogP contribution in [0.5, 0.6) is 0 Å². The van der Waals surface area contributed by atoms with E-state index < -0.39 is 0 Å². The topological polar surface area (TPSA) is 46.9 Å². The van der Waals surface area contributed by atoms with E-state index in [1.165, 1.54) is 11.1 Å². The molecule has 2 aromatic rings. The fraction of sp³-hybridized carbons (Fsp3) is 0.462. The van der Waals surface area contributed by atoms with E-state index in [0.29, 0.717) is 12.5 Å². The summed E-state index contributed by atoms with van der Waals surface area (Å²) >= 11 is 0. The third kappa shape index (κ3) is 7.27. The molecular formula is C26H34N2O2. The summed E-state index contributed by atoms with van der Waals surface area (Å²) in [4.78, 5) is 5.07. The molecule has 0 bridgehead atoms. The van der Waals surface area contributed by atoms with E-state index in [-0.39, 0.29) is 13.2 Å². The number of aliphatic hydroxyl groups excluding tert-OH is 2. The molecule has 1 fully saturated rings. The number of hydrogen-bond acceptors (Lipinski definition) is 4. The van der Waals surface area contributed by atoms with Crippen LogP contribution < -0.4 is 0 Å².